The van der Waals surface area contributed by atoms with E-state index in [1.165, 1.54) is 0 Å². The van der Waals surface area contributed by atoms with Crippen LogP contribution >= 0.6 is 23.2 Å². The molecule has 2 nitrogen and oxygen atoms in total. The van der Waals surface area contributed by atoms with Crippen molar-refractivity contribution in [3.05, 3.63) is 34.1 Å². The SMILES string of the molecule is CC(C)c1cnn2c(Cl)cc(Cl)cc12. The van der Waals surface area contributed by atoms with Gasteiger partial charge in [0.15, 0.2) is 0 Å². The van der Waals surface area contributed by atoms with E-state index in [1.54, 1.807) is 10.6 Å². The lowest BCUT2D eigenvalue weighted by Gasteiger charge is -2.03. The minimum atomic E-state index is 0.419. The van der Waals surface area contributed by atoms with Crippen LogP contribution in [0.25, 0.3) is 5.52 Å². The van der Waals surface area contributed by atoms with Crippen molar-refractivity contribution in [1.29, 1.82) is 0 Å². The Bertz CT molecular complexity index is 474. The van der Waals surface area contributed by atoms with Gasteiger partial charge in [-0.2, -0.15) is 5.10 Å². The smallest absolute Gasteiger partial charge is 0.132 e. The van der Waals surface area contributed by atoms with Crippen molar-refractivity contribution in [2.45, 2.75) is 19.8 Å². The Kier molecular flexibility index (Phi) is 2.41. The maximum Gasteiger partial charge on any atom is 0.132 e. The molecule has 0 fully saturated rings. The Hall–Kier alpha value is -0.730. The third kappa shape index (κ3) is 1.49. The van der Waals surface area contributed by atoms with E-state index in [1.807, 2.05) is 12.3 Å². The Labute approximate surface area is 92.4 Å². The normalized spacial score (nSPS) is 11.5. The lowest BCUT2D eigenvalue weighted by Crippen LogP contribution is -1.90. The van der Waals surface area contributed by atoms with E-state index in [0.29, 0.717) is 16.1 Å². The molecule has 0 aliphatic carbocycles. The molecule has 0 saturated heterocycles. The zero-order valence-corrected chi connectivity index (χ0v) is 9.47. The van der Waals surface area contributed by atoms with Crippen molar-refractivity contribution < 1.29 is 0 Å². The van der Waals surface area contributed by atoms with E-state index < -0.39 is 0 Å². The van der Waals surface area contributed by atoms with Gasteiger partial charge in [0.25, 0.3) is 0 Å². The van der Waals surface area contributed by atoms with Gasteiger partial charge in [-0.3, -0.25) is 0 Å². The number of aromatic nitrogens is 2. The summed E-state index contributed by atoms with van der Waals surface area (Å²) >= 11 is 11.9. The highest BCUT2D eigenvalue weighted by molar-refractivity contribution is 6.34. The molecule has 0 atom stereocenters. The van der Waals surface area contributed by atoms with Gasteiger partial charge in [-0.05, 0) is 18.1 Å². The molecule has 2 aromatic heterocycles. The molecule has 0 radical (unpaired) electrons. The Morgan fingerprint density at radius 1 is 1.29 bits per heavy atom. The molecule has 2 rings (SSSR count). The molecule has 4 heteroatoms. The minimum Gasteiger partial charge on any atom is -0.222 e. The third-order valence-electron chi connectivity index (χ3n) is 2.19. The first-order valence-corrected chi connectivity index (χ1v) is 5.18. The molecule has 2 heterocycles. The Morgan fingerprint density at radius 2 is 2.00 bits per heavy atom. The molecule has 0 amide bonds. The average Bonchev–Trinajstić information content (AvgIpc) is 2.47. The summed E-state index contributed by atoms with van der Waals surface area (Å²) < 4.78 is 1.70. The van der Waals surface area contributed by atoms with Crippen molar-refractivity contribution >= 4 is 28.7 Å². The summed E-state index contributed by atoms with van der Waals surface area (Å²) in [6.45, 7) is 4.23. The van der Waals surface area contributed by atoms with Crippen LogP contribution in [0.1, 0.15) is 25.3 Å². The summed E-state index contributed by atoms with van der Waals surface area (Å²) in [7, 11) is 0. The van der Waals surface area contributed by atoms with Crippen LogP contribution in [-0.2, 0) is 0 Å². The summed E-state index contributed by atoms with van der Waals surface area (Å²) in [5.74, 6) is 0.419. The van der Waals surface area contributed by atoms with Crippen LogP contribution in [0, 0.1) is 0 Å². The van der Waals surface area contributed by atoms with Crippen molar-refractivity contribution in [3.63, 3.8) is 0 Å². The summed E-state index contributed by atoms with van der Waals surface area (Å²) in [6.07, 6.45) is 1.84. The van der Waals surface area contributed by atoms with Gasteiger partial charge < -0.3 is 0 Å². The van der Waals surface area contributed by atoms with Gasteiger partial charge in [0.05, 0.1) is 11.7 Å². The first-order chi connectivity index (χ1) is 6.59. The van der Waals surface area contributed by atoms with Crippen LogP contribution in [0.3, 0.4) is 0 Å². The second-order valence-electron chi connectivity index (χ2n) is 3.55. The lowest BCUT2D eigenvalue weighted by atomic mass is 10.1. The van der Waals surface area contributed by atoms with Crippen LogP contribution in [0.2, 0.25) is 10.2 Å². The van der Waals surface area contributed by atoms with Gasteiger partial charge in [-0.15, -0.1) is 0 Å². The van der Waals surface area contributed by atoms with Crippen molar-refractivity contribution in [3.8, 4) is 0 Å². The van der Waals surface area contributed by atoms with Crippen LogP contribution in [0.15, 0.2) is 18.3 Å². The Morgan fingerprint density at radius 3 is 2.64 bits per heavy atom. The standard InChI is InChI=1S/C10H10Cl2N2/c1-6(2)8-5-13-14-9(8)3-7(11)4-10(14)12/h3-6H,1-2H3. The summed E-state index contributed by atoms with van der Waals surface area (Å²) in [4.78, 5) is 0. The molecule has 0 saturated carbocycles. The fraction of sp³-hybridized carbons (Fsp3) is 0.300. The second kappa shape index (κ2) is 3.44. The first-order valence-electron chi connectivity index (χ1n) is 4.42. The van der Waals surface area contributed by atoms with Gasteiger partial charge in [-0.1, -0.05) is 37.0 Å². The molecule has 0 spiro atoms. The maximum absolute atomic E-state index is 6.00. The minimum absolute atomic E-state index is 0.419. The van der Waals surface area contributed by atoms with Crippen molar-refractivity contribution in [2.75, 3.05) is 0 Å². The molecule has 14 heavy (non-hydrogen) atoms. The van der Waals surface area contributed by atoms with Gasteiger partial charge in [0.2, 0.25) is 0 Å². The van der Waals surface area contributed by atoms with Crippen molar-refractivity contribution in [2.24, 2.45) is 0 Å². The largest absolute Gasteiger partial charge is 0.222 e. The van der Waals surface area contributed by atoms with Crippen LogP contribution in [0.4, 0.5) is 0 Å². The summed E-state index contributed by atoms with van der Waals surface area (Å²) in [6, 6.07) is 3.57. The van der Waals surface area contributed by atoms with E-state index >= 15 is 0 Å². The van der Waals surface area contributed by atoms with Crippen LogP contribution in [0.5, 0.6) is 0 Å². The van der Waals surface area contributed by atoms with Crippen molar-refractivity contribution in [1.82, 2.24) is 9.61 Å². The van der Waals surface area contributed by atoms with E-state index in [4.69, 9.17) is 23.2 Å². The highest BCUT2D eigenvalue weighted by Crippen LogP contribution is 2.26. The number of hydrogen-bond acceptors (Lipinski definition) is 1. The van der Waals surface area contributed by atoms with Crippen LogP contribution in [-0.4, -0.2) is 9.61 Å². The fourth-order valence-corrected chi connectivity index (χ4v) is 1.99. The number of rotatable bonds is 1. The number of halogens is 2. The molecule has 0 aliphatic rings. The highest BCUT2D eigenvalue weighted by atomic mass is 35.5. The monoisotopic (exact) mass is 228 g/mol. The third-order valence-corrected chi connectivity index (χ3v) is 2.68. The number of fused-ring (bicyclic) bond motifs is 1. The number of pyridine rings is 1. The van der Waals surface area contributed by atoms with Crippen LogP contribution < -0.4 is 0 Å². The zero-order valence-electron chi connectivity index (χ0n) is 7.96. The molecule has 2 aromatic rings. The number of hydrogen-bond donors (Lipinski definition) is 0. The molecule has 0 unspecified atom stereocenters. The lowest BCUT2D eigenvalue weighted by molar-refractivity contribution is 0.875. The maximum atomic E-state index is 6.00. The molecule has 0 bridgehead atoms. The van der Waals surface area contributed by atoms with E-state index in [-0.39, 0.29) is 0 Å². The topological polar surface area (TPSA) is 17.3 Å². The quantitative estimate of drug-likeness (QED) is 0.680. The molecular formula is C10H10Cl2N2. The zero-order chi connectivity index (χ0) is 10.3. The summed E-state index contributed by atoms with van der Waals surface area (Å²) in [5, 5.41) is 5.39. The van der Waals surface area contributed by atoms with E-state index in [2.05, 4.69) is 18.9 Å². The average molecular weight is 229 g/mol. The molecule has 0 aromatic carbocycles. The summed E-state index contributed by atoms with van der Waals surface area (Å²) in [5.41, 5.74) is 2.15. The molecule has 0 aliphatic heterocycles. The predicted octanol–water partition coefficient (Wildman–Crippen LogP) is 3.76. The molecule has 0 N–H and O–H groups in total. The van der Waals surface area contributed by atoms with Gasteiger partial charge in [0, 0.05) is 10.6 Å². The molecular weight excluding hydrogens is 219 g/mol. The first kappa shape index (κ1) is 9.81. The van der Waals surface area contributed by atoms with Gasteiger partial charge >= 0.3 is 0 Å². The van der Waals surface area contributed by atoms with Gasteiger partial charge in [0.1, 0.15) is 5.15 Å². The highest BCUT2D eigenvalue weighted by Gasteiger charge is 2.10. The van der Waals surface area contributed by atoms with E-state index in [0.717, 1.165) is 11.1 Å². The molecule has 74 valence electrons. The van der Waals surface area contributed by atoms with Gasteiger partial charge in [-0.25, -0.2) is 4.52 Å². The Balaban J connectivity index is 2.78. The predicted molar refractivity (Wildman–Crippen MR) is 59.3 cm³/mol. The van der Waals surface area contributed by atoms with E-state index in [9.17, 15) is 0 Å². The fourth-order valence-electron chi connectivity index (χ4n) is 1.48. The second-order valence-corrected chi connectivity index (χ2v) is 4.37. The number of nitrogens with zero attached hydrogens (tertiary/aromatic N) is 2.